The molecule has 2 heterocycles. The van der Waals surface area contributed by atoms with Gasteiger partial charge in [0.1, 0.15) is 0 Å². The Morgan fingerprint density at radius 2 is 1.61 bits per heavy atom. The van der Waals surface area contributed by atoms with Gasteiger partial charge in [-0.05, 0) is 48.9 Å². The first-order valence-corrected chi connectivity index (χ1v) is 10.9. The maximum atomic E-state index is 9.46. The summed E-state index contributed by atoms with van der Waals surface area (Å²) >= 11 is 5.37. The van der Waals surface area contributed by atoms with Crippen molar-refractivity contribution >= 4 is 12.6 Å². The molecule has 4 rings (SSSR count). The number of rotatable bonds is 4. The lowest BCUT2D eigenvalue weighted by Crippen LogP contribution is -2.87. The van der Waals surface area contributed by atoms with Crippen LogP contribution in [0, 0.1) is 11.3 Å². The van der Waals surface area contributed by atoms with Crippen LogP contribution in [0.15, 0.2) is 17.2 Å². The number of aromatic nitrogens is 1. The number of nitrogens with zero attached hydrogens (tertiary/aromatic N) is 2. The van der Waals surface area contributed by atoms with Gasteiger partial charge in [-0.3, -0.25) is 4.98 Å². The van der Waals surface area contributed by atoms with Gasteiger partial charge < -0.3 is 36.9 Å². The first-order valence-electron chi connectivity index (χ1n) is 10.5. The smallest absolute Gasteiger partial charge is 0.203 e. The van der Waals surface area contributed by atoms with Crippen LogP contribution in [0.4, 0.5) is 0 Å². The van der Waals surface area contributed by atoms with Gasteiger partial charge in [-0.1, -0.05) is 5.03 Å². The Labute approximate surface area is 189 Å². The molecule has 1 saturated heterocycles. The summed E-state index contributed by atoms with van der Waals surface area (Å²) in [5.41, 5.74) is 4.34. The van der Waals surface area contributed by atoms with E-state index in [0.717, 1.165) is 74.4 Å². The number of nitrogens with two attached hydrogens (primary N) is 1. The van der Waals surface area contributed by atoms with Gasteiger partial charge in [0.05, 0.1) is 65.0 Å². The number of hydrogen-bond acceptors (Lipinski definition) is 7. The van der Waals surface area contributed by atoms with Crippen molar-refractivity contribution in [3.8, 4) is 34.6 Å². The fourth-order valence-corrected chi connectivity index (χ4v) is 4.21. The largest absolute Gasteiger partial charge is 0.759 e. The molecule has 1 fully saturated rings. The van der Waals surface area contributed by atoms with Crippen LogP contribution in [0.2, 0.25) is 0 Å². The number of quaternary nitrogens is 1. The van der Waals surface area contributed by atoms with E-state index in [-0.39, 0.29) is 0 Å². The third-order valence-corrected chi connectivity index (χ3v) is 5.76. The van der Waals surface area contributed by atoms with Crippen LogP contribution >= 0.6 is 0 Å². The molecule has 0 radical (unpaired) electrons. The Bertz CT molecular complexity index is 918. The van der Waals surface area contributed by atoms with E-state index in [0.29, 0.717) is 27.8 Å². The van der Waals surface area contributed by atoms with Gasteiger partial charge in [0.2, 0.25) is 5.75 Å². The predicted octanol–water partition coefficient (Wildman–Crippen LogP) is 2.01. The fourth-order valence-electron chi connectivity index (χ4n) is 3.95. The van der Waals surface area contributed by atoms with E-state index in [1.54, 1.807) is 21.3 Å². The summed E-state index contributed by atoms with van der Waals surface area (Å²) in [6, 6.07) is 5.98. The van der Waals surface area contributed by atoms with Crippen LogP contribution in [-0.4, -0.2) is 52.6 Å². The van der Waals surface area contributed by atoms with Gasteiger partial charge in [0, 0.05) is 5.56 Å². The molecule has 0 atom stereocenters. The van der Waals surface area contributed by atoms with Crippen molar-refractivity contribution in [1.82, 2.24) is 4.98 Å². The zero-order valence-electron chi connectivity index (χ0n) is 18.3. The molecule has 1 aromatic carbocycles. The lowest BCUT2D eigenvalue weighted by molar-refractivity contribution is -0.670. The molecule has 1 aliphatic heterocycles. The highest BCUT2D eigenvalue weighted by Crippen LogP contribution is 2.43. The predicted molar refractivity (Wildman–Crippen MR) is 119 cm³/mol. The highest BCUT2D eigenvalue weighted by Gasteiger charge is 2.22. The lowest BCUT2D eigenvalue weighted by atomic mass is 9.86. The molecule has 2 aliphatic rings. The molecule has 0 bridgehead atoms. The molecule has 31 heavy (non-hydrogen) atoms. The minimum absolute atomic E-state index is 0.354. The van der Waals surface area contributed by atoms with E-state index in [1.807, 2.05) is 12.1 Å². The number of fused-ring (bicyclic) bond motifs is 1. The molecule has 1 aromatic heterocycles. The highest BCUT2D eigenvalue weighted by molar-refractivity contribution is 7.58. The number of ether oxygens (including phenoxy) is 4. The first kappa shape index (κ1) is 23.1. The summed E-state index contributed by atoms with van der Waals surface area (Å²) in [5, 5.41) is 12.1. The SMILES string of the molecule is C1COCC[NH2+]1.COc1cc(-c2nc([S-])c(C#N)c3c2CCCC3)cc(OC)c1OC. The monoisotopic (exact) mass is 443 g/mol. The molecule has 0 spiro atoms. The van der Waals surface area contributed by atoms with E-state index in [4.69, 9.17) is 31.6 Å². The second kappa shape index (κ2) is 11.1. The molecule has 7 nitrogen and oxygen atoms in total. The quantitative estimate of drug-likeness (QED) is 0.723. The molecule has 0 amide bonds. The second-order valence-corrected chi connectivity index (χ2v) is 7.70. The average Bonchev–Trinajstić information content (AvgIpc) is 2.84. The Hall–Kier alpha value is -2.60. The summed E-state index contributed by atoms with van der Waals surface area (Å²) in [6.07, 6.45) is 3.89. The summed E-state index contributed by atoms with van der Waals surface area (Å²) in [5.74, 6) is 1.67. The number of morpholine rings is 1. The molecule has 166 valence electrons. The topological polar surface area (TPSA) is 90.2 Å². The Morgan fingerprint density at radius 1 is 1.00 bits per heavy atom. The van der Waals surface area contributed by atoms with Crippen molar-refractivity contribution in [1.29, 1.82) is 5.26 Å². The highest BCUT2D eigenvalue weighted by atomic mass is 32.1. The van der Waals surface area contributed by atoms with E-state index in [2.05, 4.69) is 16.4 Å². The van der Waals surface area contributed by atoms with Crippen LogP contribution in [-0.2, 0) is 30.2 Å². The van der Waals surface area contributed by atoms with Gasteiger partial charge in [-0.2, -0.15) is 5.26 Å². The third kappa shape index (κ3) is 5.18. The molecule has 2 aromatic rings. The number of benzene rings is 1. The van der Waals surface area contributed by atoms with Crippen molar-refractivity contribution in [2.75, 3.05) is 47.6 Å². The van der Waals surface area contributed by atoms with Crippen LogP contribution in [0.25, 0.3) is 11.3 Å². The second-order valence-electron chi connectivity index (χ2n) is 7.31. The van der Waals surface area contributed by atoms with E-state index in [1.165, 1.54) is 0 Å². The zero-order chi connectivity index (χ0) is 22.2. The van der Waals surface area contributed by atoms with Crippen LogP contribution < -0.4 is 19.5 Å². The Balaban J connectivity index is 0.000000391. The van der Waals surface area contributed by atoms with Crippen molar-refractivity contribution in [2.45, 2.75) is 30.7 Å². The van der Waals surface area contributed by atoms with Crippen molar-refractivity contribution in [3.63, 3.8) is 0 Å². The normalized spacial score (nSPS) is 15.0. The van der Waals surface area contributed by atoms with Crippen molar-refractivity contribution in [2.24, 2.45) is 0 Å². The van der Waals surface area contributed by atoms with Gasteiger partial charge >= 0.3 is 0 Å². The van der Waals surface area contributed by atoms with Gasteiger partial charge in [0.15, 0.2) is 11.5 Å². The van der Waals surface area contributed by atoms with Crippen LogP contribution in [0.5, 0.6) is 17.2 Å². The number of hydrogen-bond donors (Lipinski definition) is 1. The lowest BCUT2D eigenvalue weighted by Gasteiger charge is -2.25. The van der Waals surface area contributed by atoms with E-state index in [9.17, 15) is 5.26 Å². The maximum Gasteiger partial charge on any atom is 0.203 e. The van der Waals surface area contributed by atoms with E-state index < -0.39 is 0 Å². The maximum absolute atomic E-state index is 9.46. The van der Waals surface area contributed by atoms with Gasteiger partial charge in [0.25, 0.3) is 0 Å². The van der Waals surface area contributed by atoms with Gasteiger partial charge in [-0.15, -0.1) is 0 Å². The number of nitriles is 1. The Kier molecular flexibility index (Phi) is 8.29. The standard InChI is InChI=1S/C19H20N2O3S.C4H9NO/c1-22-15-8-11(9-16(23-2)18(15)24-3)17-13-7-5-4-6-12(13)14(10-20)19(25)21-17;1-3-6-4-2-5-1/h8-9H,4-7H2,1-3H3,(H,21,25);5H,1-4H2. The number of methoxy groups -OCH3 is 3. The molecule has 0 unspecified atom stereocenters. The third-order valence-electron chi connectivity index (χ3n) is 5.47. The van der Waals surface area contributed by atoms with Crippen molar-refractivity contribution in [3.05, 3.63) is 28.8 Å². The van der Waals surface area contributed by atoms with Crippen LogP contribution in [0.1, 0.15) is 29.5 Å². The minimum Gasteiger partial charge on any atom is -0.759 e. The molecule has 2 N–H and O–H groups in total. The minimum atomic E-state index is 0.354. The molecule has 8 heteroatoms. The summed E-state index contributed by atoms with van der Waals surface area (Å²) in [4.78, 5) is 4.57. The molecule has 1 aliphatic carbocycles. The van der Waals surface area contributed by atoms with E-state index >= 15 is 0 Å². The number of pyridine rings is 1. The Morgan fingerprint density at radius 3 is 2.06 bits per heavy atom. The molecule has 0 saturated carbocycles. The zero-order valence-corrected chi connectivity index (χ0v) is 19.1. The summed E-state index contributed by atoms with van der Waals surface area (Å²) in [6.45, 7) is 4.19. The van der Waals surface area contributed by atoms with Crippen molar-refractivity contribution < 1.29 is 24.3 Å². The fraction of sp³-hybridized carbons (Fsp3) is 0.478. The summed E-state index contributed by atoms with van der Waals surface area (Å²) in [7, 11) is 4.74. The molecular formula is C23H29N3O4S. The van der Waals surface area contributed by atoms with Crippen LogP contribution in [0.3, 0.4) is 0 Å². The summed E-state index contributed by atoms with van der Waals surface area (Å²) < 4.78 is 21.3. The average molecular weight is 444 g/mol. The first-order chi connectivity index (χ1) is 15.1. The van der Waals surface area contributed by atoms with Gasteiger partial charge in [-0.25, -0.2) is 0 Å². The molecular weight excluding hydrogens is 414 g/mol.